The van der Waals surface area contributed by atoms with Crippen LogP contribution in [0.1, 0.15) is 58.9 Å². The van der Waals surface area contributed by atoms with Gasteiger partial charge in [0.1, 0.15) is 11.6 Å². The van der Waals surface area contributed by atoms with Crippen LogP contribution in [0.2, 0.25) is 0 Å². The van der Waals surface area contributed by atoms with E-state index in [4.69, 9.17) is 0 Å². The van der Waals surface area contributed by atoms with E-state index in [0.717, 1.165) is 37.3 Å². The molecule has 1 unspecified atom stereocenters. The Morgan fingerprint density at radius 3 is 2.42 bits per heavy atom. The van der Waals surface area contributed by atoms with Crippen LogP contribution < -0.4 is 0 Å². The Balaban J connectivity index is 2.74. The van der Waals surface area contributed by atoms with Crippen molar-refractivity contribution in [2.45, 2.75) is 58.8 Å². The SMILES string of the molecule is CCCCC(CC)(c1cc(F)cc(F)c1-c1ccccn1)C(C)C. The number of halogens is 2. The van der Waals surface area contributed by atoms with E-state index < -0.39 is 11.6 Å². The molecule has 130 valence electrons. The monoisotopic (exact) mass is 331 g/mol. The maximum Gasteiger partial charge on any atom is 0.135 e. The predicted octanol–water partition coefficient (Wildman–Crippen LogP) is 6.52. The fourth-order valence-corrected chi connectivity index (χ4v) is 3.74. The van der Waals surface area contributed by atoms with Crippen LogP contribution in [0.4, 0.5) is 8.78 Å². The van der Waals surface area contributed by atoms with Crippen LogP contribution in [-0.4, -0.2) is 4.98 Å². The van der Waals surface area contributed by atoms with Gasteiger partial charge in [-0.25, -0.2) is 8.78 Å². The first-order chi connectivity index (χ1) is 11.5. The van der Waals surface area contributed by atoms with Gasteiger partial charge in [-0.05, 0) is 47.9 Å². The quantitative estimate of drug-likeness (QED) is 0.562. The number of benzene rings is 1. The predicted molar refractivity (Wildman–Crippen MR) is 95.9 cm³/mol. The van der Waals surface area contributed by atoms with Gasteiger partial charge >= 0.3 is 0 Å². The minimum absolute atomic E-state index is 0.258. The summed E-state index contributed by atoms with van der Waals surface area (Å²) >= 11 is 0. The Morgan fingerprint density at radius 1 is 1.12 bits per heavy atom. The smallest absolute Gasteiger partial charge is 0.135 e. The van der Waals surface area contributed by atoms with E-state index in [-0.39, 0.29) is 11.3 Å². The second-order valence-electron chi connectivity index (χ2n) is 6.79. The summed E-state index contributed by atoms with van der Waals surface area (Å²) in [6.07, 6.45) is 5.50. The molecule has 3 heteroatoms. The molecule has 0 bridgehead atoms. The third-order valence-corrected chi connectivity index (χ3v) is 5.22. The molecule has 0 aliphatic carbocycles. The van der Waals surface area contributed by atoms with Gasteiger partial charge in [0.15, 0.2) is 0 Å². The average Bonchev–Trinajstić information content (AvgIpc) is 2.56. The molecule has 0 N–H and O–H groups in total. The van der Waals surface area contributed by atoms with Gasteiger partial charge in [0.2, 0.25) is 0 Å². The molecule has 1 aromatic carbocycles. The van der Waals surface area contributed by atoms with Crippen molar-refractivity contribution in [3.05, 3.63) is 53.7 Å². The first kappa shape index (κ1) is 18.6. The van der Waals surface area contributed by atoms with E-state index in [9.17, 15) is 8.78 Å². The normalized spacial score (nSPS) is 14.0. The van der Waals surface area contributed by atoms with E-state index in [2.05, 4.69) is 32.7 Å². The van der Waals surface area contributed by atoms with Crippen molar-refractivity contribution in [2.75, 3.05) is 0 Å². The van der Waals surface area contributed by atoms with Crippen molar-refractivity contribution in [3.8, 4) is 11.3 Å². The van der Waals surface area contributed by atoms with Crippen molar-refractivity contribution < 1.29 is 8.78 Å². The van der Waals surface area contributed by atoms with Crippen molar-refractivity contribution >= 4 is 0 Å². The zero-order valence-corrected chi connectivity index (χ0v) is 15.1. The fraction of sp³-hybridized carbons (Fsp3) is 0.476. The van der Waals surface area contributed by atoms with Gasteiger partial charge in [0.25, 0.3) is 0 Å². The summed E-state index contributed by atoms with van der Waals surface area (Å²) in [5.41, 5.74) is 1.51. The standard InChI is InChI=1S/C21H27F2N/c1-5-7-11-21(6-2,15(3)4)17-13-16(22)14-18(23)20(17)19-10-8-9-12-24-19/h8-10,12-15H,5-7,11H2,1-4H3. The van der Waals surface area contributed by atoms with Gasteiger partial charge in [-0.1, -0.05) is 46.6 Å². The van der Waals surface area contributed by atoms with Crippen molar-refractivity contribution in [3.63, 3.8) is 0 Å². The summed E-state index contributed by atoms with van der Waals surface area (Å²) < 4.78 is 28.9. The van der Waals surface area contributed by atoms with Gasteiger partial charge in [-0.2, -0.15) is 0 Å². The second kappa shape index (κ2) is 7.87. The minimum atomic E-state index is -0.529. The highest BCUT2D eigenvalue weighted by Gasteiger charge is 2.37. The first-order valence-electron chi connectivity index (χ1n) is 8.87. The van der Waals surface area contributed by atoms with Gasteiger partial charge in [-0.15, -0.1) is 0 Å². The highest BCUT2D eigenvalue weighted by molar-refractivity contribution is 5.66. The lowest BCUT2D eigenvalue weighted by molar-refractivity contribution is 0.265. The van der Waals surface area contributed by atoms with Crippen molar-refractivity contribution in [2.24, 2.45) is 5.92 Å². The number of hydrogen-bond acceptors (Lipinski definition) is 1. The number of aromatic nitrogens is 1. The van der Waals surface area contributed by atoms with E-state index in [1.54, 1.807) is 18.3 Å². The van der Waals surface area contributed by atoms with Crippen LogP contribution >= 0.6 is 0 Å². The molecule has 1 heterocycles. The van der Waals surface area contributed by atoms with Gasteiger partial charge in [0.05, 0.1) is 5.69 Å². The highest BCUT2D eigenvalue weighted by Crippen LogP contribution is 2.45. The molecule has 0 saturated heterocycles. The molecule has 0 saturated carbocycles. The minimum Gasteiger partial charge on any atom is -0.256 e. The highest BCUT2D eigenvalue weighted by atomic mass is 19.1. The Kier molecular flexibility index (Phi) is 6.09. The Morgan fingerprint density at radius 2 is 1.88 bits per heavy atom. The fourth-order valence-electron chi connectivity index (χ4n) is 3.74. The Labute approximate surface area is 144 Å². The molecule has 1 nitrogen and oxygen atoms in total. The lowest BCUT2D eigenvalue weighted by atomic mass is 9.65. The molecule has 0 fully saturated rings. The van der Waals surface area contributed by atoms with Crippen molar-refractivity contribution in [1.29, 1.82) is 0 Å². The molecule has 1 atom stereocenters. The number of rotatable bonds is 7. The Bertz CT molecular complexity index is 667. The van der Waals surface area contributed by atoms with Crippen LogP contribution in [0, 0.1) is 17.6 Å². The summed E-state index contributed by atoms with van der Waals surface area (Å²) in [5, 5.41) is 0. The topological polar surface area (TPSA) is 12.9 Å². The third kappa shape index (κ3) is 3.50. The number of unbranched alkanes of at least 4 members (excludes halogenated alkanes) is 1. The number of hydrogen-bond donors (Lipinski definition) is 0. The van der Waals surface area contributed by atoms with Crippen LogP contribution in [0.3, 0.4) is 0 Å². The zero-order chi connectivity index (χ0) is 17.7. The number of pyridine rings is 1. The molecule has 0 radical (unpaired) electrons. The van der Waals surface area contributed by atoms with Gasteiger partial charge in [-0.3, -0.25) is 4.98 Å². The molecule has 2 aromatic rings. The number of nitrogens with zero attached hydrogens (tertiary/aromatic N) is 1. The van der Waals surface area contributed by atoms with E-state index in [0.29, 0.717) is 11.3 Å². The maximum atomic E-state index is 14.8. The van der Waals surface area contributed by atoms with E-state index in [1.807, 2.05) is 6.07 Å². The molecule has 0 aliphatic rings. The van der Waals surface area contributed by atoms with Crippen molar-refractivity contribution in [1.82, 2.24) is 4.98 Å². The first-order valence-corrected chi connectivity index (χ1v) is 8.87. The van der Waals surface area contributed by atoms with Crippen LogP contribution in [-0.2, 0) is 5.41 Å². The van der Waals surface area contributed by atoms with Gasteiger partial charge < -0.3 is 0 Å². The van der Waals surface area contributed by atoms with Crippen LogP contribution in [0.25, 0.3) is 11.3 Å². The molecule has 0 amide bonds. The molecule has 2 rings (SSSR count). The lowest BCUT2D eigenvalue weighted by Crippen LogP contribution is -2.33. The Hall–Kier alpha value is -1.77. The van der Waals surface area contributed by atoms with Crippen LogP contribution in [0.15, 0.2) is 36.5 Å². The second-order valence-corrected chi connectivity index (χ2v) is 6.79. The van der Waals surface area contributed by atoms with Gasteiger partial charge in [0, 0.05) is 17.8 Å². The zero-order valence-electron chi connectivity index (χ0n) is 15.1. The van der Waals surface area contributed by atoms with E-state index >= 15 is 0 Å². The maximum absolute atomic E-state index is 14.8. The summed E-state index contributed by atoms with van der Waals surface area (Å²) in [4.78, 5) is 4.33. The molecule has 0 aliphatic heterocycles. The molecular weight excluding hydrogens is 304 g/mol. The summed E-state index contributed by atoms with van der Waals surface area (Å²) in [6.45, 7) is 8.54. The average molecular weight is 331 g/mol. The molecule has 24 heavy (non-hydrogen) atoms. The lowest BCUT2D eigenvalue weighted by Gasteiger charge is -2.39. The van der Waals surface area contributed by atoms with E-state index in [1.165, 1.54) is 6.07 Å². The molecule has 0 spiro atoms. The van der Waals surface area contributed by atoms with Crippen LogP contribution in [0.5, 0.6) is 0 Å². The molecular formula is C21H27F2N. The largest absolute Gasteiger partial charge is 0.256 e. The molecule has 1 aromatic heterocycles. The third-order valence-electron chi connectivity index (χ3n) is 5.22. The summed E-state index contributed by atoms with van der Waals surface area (Å²) in [5.74, 6) is -0.770. The summed E-state index contributed by atoms with van der Waals surface area (Å²) in [7, 11) is 0. The summed E-state index contributed by atoms with van der Waals surface area (Å²) in [6, 6.07) is 7.92.